The Morgan fingerprint density at radius 2 is 1.31 bits per heavy atom. The van der Waals surface area contributed by atoms with Crippen molar-refractivity contribution in [2.45, 2.75) is 18.6 Å². The van der Waals surface area contributed by atoms with Crippen LogP contribution in [0.1, 0.15) is 33.6 Å². The lowest BCUT2D eigenvalue weighted by molar-refractivity contribution is -0.169. The van der Waals surface area contributed by atoms with E-state index < -0.39 is 0 Å². The fourth-order valence-corrected chi connectivity index (χ4v) is 3.19. The van der Waals surface area contributed by atoms with Gasteiger partial charge in [0.1, 0.15) is 12.6 Å². The second-order valence-corrected chi connectivity index (χ2v) is 6.33. The molecule has 0 aromatic heterocycles. The second-order valence-electron chi connectivity index (χ2n) is 6.33. The Morgan fingerprint density at radius 3 is 1.81 bits per heavy atom. The van der Waals surface area contributed by atoms with Crippen LogP contribution in [0.25, 0.3) is 0 Å². The summed E-state index contributed by atoms with van der Waals surface area (Å²) >= 11 is 0. The molecule has 5 nitrogen and oxygen atoms in total. The van der Waals surface area contributed by atoms with Crippen molar-refractivity contribution in [1.29, 1.82) is 0 Å². The van der Waals surface area contributed by atoms with Gasteiger partial charge in [-0.2, -0.15) is 0 Å². The summed E-state index contributed by atoms with van der Waals surface area (Å²) in [6.45, 7) is 3.29. The summed E-state index contributed by atoms with van der Waals surface area (Å²) in [7, 11) is 0. The summed E-state index contributed by atoms with van der Waals surface area (Å²) < 4.78 is 11.4. The Labute approximate surface area is 153 Å². The number of hydrogen-bond donors (Lipinski definition) is 0. The number of anilines is 1. The van der Waals surface area contributed by atoms with E-state index in [1.807, 2.05) is 42.5 Å². The molecule has 2 aromatic rings. The molecule has 2 aliphatic heterocycles. The molecule has 0 radical (unpaired) electrons. The van der Waals surface area contributed by atoms with Crippen LogP contribution >= 0.6 is 0 Å². The number of carbonyl (C=O) groups is 2. The van der Waals surface area contributed by atoms with E-state index in [0.29, 0.717) is 13.2 Å². The monoisotopic (exact) mass is 353 g/mol. The molecule has 2 heterocycles. The largest absolute Gasteiger partial charge is 0.371 e. The molecule has 0 aliphatic carbocycles. The van der Waals surface area contributed by atoms with E-state index in [1.54, 1.807) is 12.1 Å². The van der Waals surface area contributed by atoms with Crippen LogP contribution in [-0.4, -0.2) is 44.7 Å². The average Bonchev–Trinajstić information content (AvgIpc) is 3.18. The zero-order valence-corrected chi connectivity index (χ0v) is 14.7. The highest BCUT2D eigenvalue weighted by atomic mass is 16.7. The molecule has 2 fully saturated rings. The van der Waals surface area contributed by atoms with Gasteiger partial charge < -0.3 is 14.4 Å². The van der Waals surface area contributed by atoms with E-state index in [2.05, 4.69) is 4.90 Å². The molecule has 0 atom stereocenters. The van der Waals surface area contributed by atoms with Crippen LogP contribution in [0.15, 0.2) is 54.6 Å². The van der Waals surface area contributed by atoms with Gasteiger partial charge in [-0.3, -0.25) is 9.59 Å². The van der Waals surface area contributed by atoms with Crippen molar-refractivity contribution in [1.82, 2.24) is 0 Å². The van der Waals surface area contributed by atoms with Crippen molar-refractivity contribution in [2.75, 3.05) is 31.2 Å². The maximum Gasteiger partial charge on any atom is 0.171 e. The molecule has 2 saturated heterocycles. The Kier molecular flexibility index (Phi) is 6.15. The van der Waals surface area contributed by atoms with Gasteiger partial charge in [0, 0.05) is 42.7 Å². The zero-order valence-electron chi connectivity index (χ0n) is 14.7. The van der Waals surface area contributed by atoms with Crippen LogP contribution in [0.5, 0.6) is 0 Å². The summed E-state index contributed by atoms with van der Waals surface area (Å²) in [6.07, 6.45) is 3.51. The van der Waals surface area contributed by atoms with Crippen molar-refractivity contribution < 1.29 is 19.1 Å². The van der Waals surface area contributed by atoms with Crippen molar-refractivity contribution in [3.05, 3.63) is 65.7 Å². The van der Waals surface area contributed by atoms with E-state index in [1.165, 1.54) is 0 Å². The lowest BCUT2D eigenvalue weighted by atomic mass is 10.0. The predicted octanol–water partition coefficient (Wildman–Crippen LogP) is 3.34. The van der Waals surface area contributed by atoms with Crippen LogP contribution in [0.4, 0.5) is 5.69 Å². The minimum atomic E-state index is -0.320. The van der Waals surface area contributed by atoms with Crippen LogP contribution < -0.4 is 4.90 Å². The molecular weight excluding hydrogens is 330 g/mol. The highest BCUT2D eigenvalue weighted by Crippen LogP contribution is 2.33. The first kappa shape index (κ1) is 18.3. The topological polar surface area (TPSA) is 55.8 Å². The predicted molar refractivity (Wildman–Crippen MR) is 99.7 cm³/mol. The smallest absolute Gasteiger partial charge is 0.171 e. The molecule has 2 aliphatic rings. The first-order valence-electron chi connectivity index (χ1n) is 8.83. The molecule has 136 valence electrons. The van der Waals surface area contributed by atoms with Gasteiger partial charge >= 0.3 is 0 Å². The second kappa shape index (κ2) is 8.74. The molecule has 0 bridgehead atoms. The van der Waals surface area contributed by atoms with Gasteiger partial charge in [-0.1, -0.05) is 30.3 Å². The molecule has 26 heavy (non-hydrogen) atoms. The highest BCUT2D eigenvalue weighted by molar-refractivity contribution is 5.75. The number of rotatable bonds is 3. The molecule has 4 rings (SSSR count). The van der Waals surface area contributed by atoms with Crippen molar-refractivity contribution in [2.24, 2.45) is 0 Å². The third-order valence-electron chi connectivity index (χ3n) is 4.67. The molecule has 0 N–H and O–H groups in total. The lowest BCUT2D eigenvalue weighted by Crippen LogP contribution is -2.45. The van der Waals surface area contributed by atoms with E-state index in [9.17, 15) is 9.59 Å². The molecule has 5 heteroatoms. The van der Waals surface area contributed by atoms with Gasteiger partial charge in [0.15, 0.2) is 5.79 Å². The Bertz CT molecular complexity index is 699. The van der Waals surface area contributed by atoms with Crippen molar-refractivity contribution in [3.8, 4) is 0 Å². The Morgan fingerprint density at radius 1 is 0.769 bits per heavy atom. The fourth-order valence-electron chi connectivity index (χ4n) is 3.19. The minimum absolute atomic E-state index is 0.320. The van der Waals surface area contributed by atoms with E-state index in [4.69, 9.17) is 9.47 Å². The highest BCUT2D eigenvalue weighted by Gasteiger charge is 2.39. The van der Waals surface area contributed by atoms with Crippen LogP contribution in [0, 0.1) is 0 Å². The number of ether oxygens (including phenoxy) is 2. The SMILES string of the molecule is O=Cc1ccc(N2CCC3(CC2)OCCO3)cc1.O=Cc1ccccc1. The van der Waals surface area contributed by atoms with Crippen LogP contribution in [0.2, 0.25) is 0 Å². The van der Waals surface area contributed by atoms with Crippen LogP contribution in [-0.2, 0) is 9.47 Å². The maximum absolute atomic E-state index is 10.6. The van der Waals surface area contributed by atoms with E-state index in [-0.39, 0.29) is 5.79 Å². The first-order valence-corrected chi connectivity index (χ1v) is 8.83. The quantitative estimate of drug-likeness (QED) is 0.792. The van der Waals surface area contributed by atoms with Crippen LogP contribution in [0.3, 0.4) is 0 Å². The number of carbonyl (C=O) groups excluding carboxylic acids is 2. The number of aldehydes is 2. The third-order valence-corrected chi connectivity index (χ3v) is 4.67. The average molecular weight is 353 g/mol. The van der Waals surface area contributed by atoms with Crippen molar-refractivity contribution in [3.63, 3.8) is 0 Å². The van der Waals surface area contributed by atoms with Gasteiger partial charge in [-0.15, -0.1) is 0 Å². The summed E-state index contributed by atoms with van der Waals surface area (Å²) in [5.41, 5.74) is 2.61. The standard InChI is InChI=1S/C14H17NO3.C7H6O/c16-11-12-1-3-13(4-2-12)15-7-5-14(6-8-15)17-9-10-18-14;8-6-7-4-2-1-3-5-7/h1-4,11H,5-10H2;1-6H. The summed E-state index contributed by atoms with van der Waals surface area (Å²) in [6, 6.07) is 16.8. The number of benzene rings is 2. The normalized spacial score (nSPS) is 18.1. The molecule has 0 saturated carbocycles. The zero-order chi connectivity index (χ0) is 18.2. The summed E-state index contributed by atoms with van der Waals surface area (Å²) in [5.74, 6) is -0.320. The molecule has 0 amide bonds. The fraction of sp³-hybridized carbons (Fsp3) is 0.333. The van der Waals surface area contributed by atoms with Crippen molar-refractivity contribution >= 4 is 18.3 Å². The molecule has 2 aromatic carbocycles. The molecular formula is C21H23NO4. The van der Waals surface area contributed by atoms with Gasteiger partial charge in [-0.05, 0) is 24.3 Å². The Balaban J connectivity index is 0.000000206. The first-order chi connectivity index (χ1) is 12.7. The number of piperidine rings is 1. The summed E-state index contributed by atoms with van der Waals surface area (Å²) in [4.78, 5) is 22.9. The summed E-state index contributed by atoms with van der Waals surface area (Å²) in [5, 5.41) is 0. The Hall–Kier alpha value is -2.50. The number of nitrogens with zero attached hydrogens (tertiary/aromatic N) is 1. The van der Waals surface area contributed by atoms with E-state index >= 15 is 0 Å². The maximum atomic E-state index is 10.6. The van der Waals surface area contributed by atoms with Gasteiger partial charge in [0.2, 0.25) is 0 Å². The number of hydrogen-bond acceptors (Lipinski definition) is 5. The molecule has 0 unspecified atom stereocenters. The van der Waals surface area contributed by atoms with Gasteiger partial charge in [0.25, 0.3) is 0 Å². The van der Waals surface area contributed by atoms with Gasteiger partial charge in [-0.25, -0.2) is 0 Å². The third kappa shape index (κ3) is 4.56. The molecule has 1 spiro atoms. The van der Waals surface area contributed by atoms with E-state index in [0.717, 1.165) is 55.3 Å². The lowest BCUT2D eigenvalue weighted by Gasteiger charge is -2.38. The van der Waals surface area contributed by atoms with Gasteiger partial charge in [0.05, 0.1) is 13.2 Å². The minimum Gasteiger partial charge on any atom is -0.371 e.